The summed E-state index contributed by atoms with van der Waals surface area (Å²) in [6.45, 7) is 0. The molecule has 0 unspecified atom stereocenters. The first-order valence-corrected chi connectivity index (χ1v) is 3.88. The zero-order chi connectivity index (χ0) is 9.97. The third-order valence-electron chi connectivity index (χ3n) is 1.69. The van der Waals surface area contributed by atoms with Crippen molar-refractivity contribution in [1.82, 2.24) is 14.8 Å². The summed E-state index contributed by atoms with van der Waals surface area (Å²) >= 11 is 0. The van der Waals surface area contributed by atoms with Crippen molar-refractivity contribution in [3.63, 3.8) is 0 Å². The highest BCUT2D eigenvalue weighted by atomic mass is 16.6. The first-order chi connectivity index (χ1) is 6.79. The third kappa shape index (κ3) is 1.33. The standard InChI is InChI=1S/C8H6N4O2/c13-12(14)8-7(3-1-4-9-8)11-6-2-5-10-11/h1-6H. The maximum absolute atomic E-state index is 10.6. The van der Waals surface area contributed by atoms with E-state index in [1.807, 2.05) is 0 Å². The highest BCUT2D eigenvalue weighted by molar-refractivity contribution is 5.45. The second-order valence-electron chi connectivity index (χ2n) is 2.55. The van der Waals surface area contributed by atoms with Crippen molar-refractivity contribution in [3.8, 4) is 5.69 Å². The lowest BCUT2D eigenvalue weighted by Crippen LogP contribution is -2.01. The zero-order valence-corrected chi connectivity index (χ0v) is 7.07. The van der Waals surface area contributed by atoms with Gasteiger partial charge in [-0.05, 0) is 28.1 Å². The van der Waals surface area contributed by atoms with Crippen LogP contribution in [0.3, 0.4) is 0 Å². The Labute approximate surface area is 79.0 Å². The molecule has 70 valence electrons. The Bertz CT molecular complexity index is 452. The van der Waals surface area contributed by atoms with Crippen LogP contribution in [0.5, 0.6) is 0 Å². The average molecular weight is 190 g/mol. The molecule has 6 nitrogen and oxygen atoms in total. The predicted molar refractivity (Wildman–Crippen MR) is 48.0 cm³/mol. The molecule has 6 heteroatoms. The monoisotopic (exact) mass is 190 g/mol. The predicted octanol–water partition coefficient (Wildman–Crippen LogP) is 1.18. The van der Waals surface area contributed by atoms with Gasteiger partial charge in [0.15, 0.2) is 5.69 Å². The van der Waals surface area contributed by atoms with E-state index in [1.54, 1.807) is 30.6 Å². The van der Waals surface area contributed by atoms with Crippen molar-refractivity contribution in [1.29, 1.82) is 0 Å². The smallest absolute Gasteiger partial charge is 0.358 e. The molecule has 2 aromatic rings. The summed E-state index contributed by atoms with van der Waals surface area (Å²) in [5, 5.41) is 14.5. The summed E-state index contributed by atoms with van der Waals surface area (Å²) in [5.74, 6) is -0.198. The SMILES string of the molecule is O=[N+]([O-])c1ncccc1-n1cccn1. The van der Waals surface area contributed by atoms with Gasteiger partial charge in [0.05, 0.1) is 0 Å². The van der Waals surface area contributed by atoms with E-state index >= 15 is 0 Å². The molecule has 0 saturated heterocycles. The molecule has 0 spiro atoms. The van der Waals surface area contributed by atoms with E-state index in [0.29, 0.717) is 5.69 Å². The zero-order valence-electron chi connectivity index (χ0n) is 7.07. The maximum atomic E-state index is 10.6. The van der Waals surface area contributed by atoms with Crippen molar-refractivity contribution in [3.05, 3.63) is 46.9 Å². The number of hydrogen-bond acceptors (Lipinski definition) is 4. The second kappa shape index (κ2) is 3.25. The third-order valence-corrected chi connectivity index (χ3v) is 1.69. The fourth-order valence-electron chi connectivity index (χ4n) is 1.12. The fraction of sp³-hybridized carbons (Fsp3) is 0. The number of pyridine rings is 1. The van der Waals surface area contributed by atoms with Crippen molar-refractivity contribution in [2.24, 2.45) is 0 Å². The first-order valence-electron chi connectivity index (χ1n) is 3.88. The number of aromatic nitrogens is 3. The number of nitrogens with zero attached hydrogens (tertiary/aromatic N) is 4. The van der Waals surface area contributed by atoms with Gasteiger partial charge in [0.1, 0.15) is 6.20 Å². The molecule has 0 bridgehead atoms. The summed E-state index contributed by atoms with van der Waals surface area (Å²) in [4.78, 5) is 13.8. The van der Waals surface area contributed by atoms with Gasteiger partial charge in [0, 0.05) is 12.4 Å². The molecule has 2 heterocycles. The summed E-state index contributed by atoms with van der Waals surface area (Å²) in [5.41, 5.74) is 0.363. The van der Waals surface area contributed by atoms with Crippen LogP contribution >= 0.6 is 0 Å². The van der Waals surface area contributed by atoms with Crippen LogP contribution in [-0.2, 0) is 0 Å². The molecule has 0 N–H and O–H groups in total. The van der Waals surface area contributed by atoms with Gasteiger partial charge in [-0.15, -0.1) is 0 Å². The van der Waals surface area contributed by atoms with Gasteiger partial charge in [-0.3, -0.25) is 0 Å². The molecule has 2 rings (SSSR count). The lowest BCUT2D eigenvalue weighted by Gasteiger charge is -2.00. The largest absolute Gasteiger partial charge is 0.389 e. The van der Waals surface area contributed by atoms with Gasteiger partial charge in [0.2, 0.25) is 0 Å². The van der Waals surface area contributed by atoms with Gasteiger partial charge in [0.25, 0.3) is 0 Å². The molecular formula is C8H6N4O2. The lowest BCUT2D eigenvalue weighted by molar-refractivity contribution is -0.389. The van der Waals surface area contributed by atoms with E-state index in [2.05, 4.69) is 10.1 Å². The summed E-state index contributed by atoms with van der Waals surface area (Å²) in [6, 6.07) is 4.92. The van der Waals surface area contributed by atoms with Gasteiger partial charge >= 0.3 is 5.82 Å². The van der Waals surface area contributed by atoms with Crippen LogP contribution < -0.4 is 0 Å². The minimum atomic E-state index is -0.531. The molecular weight excluding hydrogens is 184 g/mol. The first kappa shape index (κ1) is 8.36. The van der Waals surface area contributed by atoms with Crippen molar-refractivity contribution in [2.75, 3.05) is 0 Å². The molecule has 2 aromatic heterocycles. The van der Waals surface area contributed by atoms with Crippen LogP contribution in [0.1, 0.15) is 0 Å². The van der Waals surface area contributed by atoms with Gasteiger partial charge in [-0.2, -0.15) is 5.10 Å². The number of rotatable bonds is 2. The Morgan fingerprint density at radius 1 is 1.36 bits per heavy atom. The van der Waals surface area contributed by atoms with E-state index in [9.17, 15) is 10.1 Å². The number of nitro groups is 1. The van der Waals surface area contributed by atoms with Crippen LogP contribution in [0, 0.1) is 10.1 Å². The minimum absolute atomic E-state index is 0.198. The molecule has 0 atom stereocenters. The van der Waals surface area contributed by atoms with Crippen LogP contribution in [0.2, 0.25) is 0 Å². The molecule has 0 aliphatic carbocycles. The lowest BCUT2D eigenvalue weighted by atomic mass is 10.4. The van der Waals surface area contributed by atoms with E-state index in [0.717, 1.165) is 0 Å². The Kier molecular flexibility index (Phi) is 1.94. The van der Waals surface area contributed by atoms with Crippen molar-refractivity contribution >= 4 is 5.82 Å². The molecule has 0 radical (unpaired) electrons. The molecule has 0 fully saturated rings. The maximum Gasteiger partial charge on any atom is 0.389 e. The van der Waals surface area contributed by atoms with Crippen LogP contribution in [0.4, 0.5) is 5.82 Å². The topological polar surface area (TPSA) is 73.8 Å². The van der Waals surface area contributed by atoms with Gasteiger partial charge in [-0.25, -0.2) is 4.68 Å². The highest BCUT2D eigenvalue weighted by Crippen LogP contribution is 2.17. The average Bonchev–Trinajstić information content (AvgIpc) is 2.70. The quantitative estimate of drug-likeness (QED) is 0.526. The molecule has 0 aliphatic heterocycles. The molecule has 0 saturated carbocycles. The molecule has 0 aromatic carbocycles. The summed E-state index contributed by atoms with van der Waals surface area (Å²) < 4.78 is 1.41. The highest BCUT2D eigenvalue weighted by Gasteiger charge is 2.15. The van der Waals surface area contributed by atoms with E-state index < -0.39 is 4.92 Å². The van der Waals surface area contributed by atoms with Crippen LogP contribution in [-0.4, -0.2) is 19.7 Å². The molecule has 0 amide bonds. The minimum Gasteiger partial charge on any atom is -0.358 e. The van der Waals surface area contributed by atoms with Gasteiger partial charge < -0.3 is 10.1 Å². The second-order valence-corrected chi connectivity index (χ2v) is 2.55. The van der Waals surface area contributed by atoms with E-state index in [4.69, 9.17) is 0 Å². The fourth-order valence-corrected chi connectivity index (χ4v) is 1.12. The Hall–Kier alpha value is -2.24. The normalized spacial score (nSPS) is 10.0. The Balaban J connectivity index is 2.58. The molecule has 14 heavy (non-hydrogen) atoms. The summed E-state index contributed by atoms with van der Waals surface area (Å²) in [7, 11) is 0. The Morgan fingerprint density at radius 2 is 2.21 bits per heavy atom. The van der Waals surface area contributed by atoms with Crippen LogP contribution in [0.15, 0.2) is 36.8 Å². The van der Waals surface area contributed by atoms with E-state index in [1.165, 1.54) is 10.9 Å². The molecule has 0 aliphatic rings. The van der Waals surface area contributed by atoms with E-state index in [-0.39, 0.29) is 5.82 Å². The number of hydrogen-bond donors (Lipinski definition) is 0. The van der Waals surface area contributed by atoms with Crippen LogP contribution in [0.25, 0.3) is 5.69 Å². The van der Waals surface area contributed by atoms with Crippen molar-refractivity contribution < 1.29 is 4.92 Å². The van der Waals surface area contributed by atoms with Crippen molar-refractivity contribution in [2.45, 2.75) is 0 Å². The van der Waals surface area contributed by atoms with Gasteiger partial charge in [-0.1, -0.05) is 0 Å². The Morgan fingerprint density at radius 3 is 2.86 bits per heavy atom. The summed E-state index contributed by atoms with van der Waals surface area (Å²) in [6.07, 6.45) is 4.56.